The Morgan fingerprint density at radius 2 is 1.83 bits per heavy atom. The van der Waals surface area contributed by atoms with Crippen LogP contribution in [0.25, 0.3) is 0 Å². The number of rotatable bonds is 6. The molecule has 1 aromatic rings. The van der Waals surface area contributed by atoms with Gasteiger partial charge in [0.25, 0.3) is 0 Å². The fourth-order valence-electron chi connectivity index (χ4n) is 3.00. The van der Waals surface area contributed by atoms with E-state index in [1.165, 1.54) is 5.56 Å². The van der Waals surface area contributed by atoms with Gasteiger partial charge in [0.1, 0.15) is 6.04 Å². The number of aliphatic carboxylic acids is 1. The lowest BCUT2D eigenvalue weighted by atomic mass is 10.0. The van der Waals surface area contributed by atoms with Crippen molar-refractivity contribution in [2.75, 3.05) is 20.1 Å². The maximum absolute atomic E-state index is 12.4. The predicted molar refractivity (Wildman–Crippen MR) is 96.4 cm³/mol. The predicted octanol–water partition coefficient (Wildman–Crippen LogP) is 2.57. The maximum Gasteiger partial charge on any atom is 0.320 e. The molecule has 0 spiro atoms. The fourth-order valence-corrected chi connectivity index (χ4v) is 3.00. The lowest BCUT2D eigenvalue weighted by molar-refractivity contribution is -0.146. The molecule has 1 fully saturated rings. The summed E-state index contributed by atoms with van der Waals surface area (Å²) >= 11 is 0. The van der Waals surface area contributed by atoms with Crippen LogP contribution >= 0.6 is 12.4 Å². The van der Waals surface area contributed by atoms with E-state index >= 15 is 0 Å². The summed E-state index contributed by atoms with van der Waals surface area (Å²) in [6, 6.07) is 7.73. The van der Waals surface area contributed by atoms with E-state index in [4.69, 9.17) is 0 Å². The molecule has 1 aromatic carbocycles. The number of carboxylic acids is 1. The summed E-state index contributed by atoms with van der Waals surface area (Å²) in [5.74, 6) is -0.854. The topological polar surface area (TPSA) is 60.9 Å². The van der Waals surface area contributed by atoms with Crippen molar-refractivity contribution >= 4 is 24.3 Å². The smallest absolute Gasteiger partial charge is 0.320 e. The van der Waals surface area contributed by atoms with Gasteiger partial charge >= 0.3 is 5.97 Å². The summed E-state index contributed by atoms with van der Waals surface area (Å²) in [6.45, 7) is 3.53. The van der Waals surface area contributed by atoms with Crippen molar-refractivity contribution in [2.24, 2.45) is 0 Å². The summed E-state index contributed by atoms with van der Waals surface area (Å²) in [4.78, 5) is 27.2. The van der Waals surface area contributed by atoms with E-state index in [-0.39, 0.29) is 24.9 Å². The lowest BCUT2D eigenvalue weighted by Gasteiger charge is -2.33. The molecule has 1 unspecified atom stereocenters. The molecule has 5 nitrogen and oxygen atoms in total. The summed E-state index contributed by atoms with van der Waals surface area (Å²) in [5.41, 5.74) is 2.37. The molecule has 1 saturated heterocycles. The fraction of sp³-hybridized carbons (Fsp3) is 0.556. The largest absolute Gasteiger partial charge is 0.480 e. The Morgan fingerprint density at radius 1 is 1.21 bits per heavy atom. The van der Waals surface area contributed by atoms with Crippen LogP contribution in [0.2, 0.25) is 0 Å². The highest BCUT2D eigenvalue weighted by Crippen LogP contribution is 2.17. The Balaban J connectivity index is 0.00000288. The van der Waals surface area contributed by atoms with Crippen molar-refractivity contribution in [3.05, 3.63) is 35.4 Å². The average molecular weight is 355 g/mol. The Kier molecular flexibility index (Phi) is 8.22. The number of nitrogens with zero attached hydrogens (tertiary/aromatic N) is 2. The second kappa shape index (κ2) is 9.64. The first-order valence-corrected chi connectivity index (χ1v) is 8.30. The Morgan fingerprint density at radius 3 is 2.42 bits per heavy atom. The maximum atomic E-state index is 12.4. The zero-order valence-electron chi connectivity index (χ0n) is 14.4. The van der Waals surface area contributed by atoms with E-state index in [2.05, 4.69) is 19.1 Å². The molecule has 134 valence electrons. The van der Waals surface area contributed by atoms with E-state index in [1.54, 1.807) is 16.8 Å². The van der Waals surface area contributed by atoms with Gasteiger partial charge in [0.2, 0.25) is 5.91 Å². The third kappa shape index (κ3) is 5.49. The van der Waals surface area contributed by atoms with Gasteiger partial charge in [-0.15, -0.1) is 12.4 Å². The number of halogens is 1. The molecule has 0 aromatic heterocycles. The highest BCUT2D eigenvalue weighted by molar-refractivity contribution is 5.85. The van der Waals surface area contributed by atoms with Crippen molar-refractivity contribution in [1.82, 2.24) is 9.80 Å². The van der Waals surface area contributed by atoms with Gasteiger partial charge < -0.3 is 10.0 Å². The number of amides is 1. The second-order valence-corrected chi connectivity index (χ2v) is 6.24. The number of piperidine rings is 1. The molecule has 1 aliphatic rings. The summed E-state index contributed by atoms with van der Waals surface area (Å²) in [5, 5.41) is 9.28. The van der Waals surface area contributed by atoms with Crippen LogP contribution in [0.15, 0.2) is 24.3 Å². The molecule has 0 bridgehead atoms. The summed E-state index contributed by atoms with van der Waals surface area (Å²) in [7, 11) is 1.77. The second-order valence-electron chi connectivity index (χ2n) is 6.24. The van der Waals surface area contributed by atoms with Gasteiger partial charge in [0.05, 0.1) is 6.54 Å². The first-order chi connectivity index (χ1) is 11.0. The van der Waals surface area contributed by atoms with Crippen molar-refractivity contribution in [3.63, 3.8) is 0 Å². The molecule has 1 atom stereocenters. The van der Waals surface area contributed by atoms with Gasteiger partial charge in [-0.3, -0.25) is 14.5 Å². The Labute approximate surface area is 150 Å². The van der Waals surface area contributed by atoms with Gasteiger partial charge in [0, 0.05) is 13.6 Å². The number of benzene rings is 1. The van der Waals surface area contributed by atoms with E-state index < -0.39 is 12.0 Å². The molecule has 6 heteroatoms. The van der Waals surface area contributed by atoms with E-state index in [1.807, 2.05) is 12.1 Å². The van der Waals surface area contributed by atoms with Crippen LogP contribution in [-0.2, 0) is 22.6 Å². The minimum Gasteiger partial charge on any atom is -0.480 e. The average Bonchev–Trinajstić information content (AvgIpc) is 2.55. The standard InChI is InChI=1S/C18H26N2O3.ClH/c1-3-14-7-9-15(10-8-14)12-19(2)17(21)13-20-11-5-4-6-16(20)18(22)23;/h7-10,16H,3-6,11-13H2,1-2H3,(H,22,23);1H. The highest BCUT2D eigenvalue weighted by atomic mass is 35.5. The monoisotopic (exact) mass is 354 g/mol. The van der Waals surface area contributed by atoms with Crippen LogP contribution in [-0.4, -0.2) is 53.0 Å². The van der Waals surface area contributed by atoms with Crippen LogP contribution < -0.4 is 0 Å². The van der Waals surface area contributed by atoms with Crippen molar-refractivity contribution < 1.29 is 14.7 Å². The zero-order valence-corrected chi connectivity index (χ0v) is 15.2. The van der Waals surface area contributed by atoms with Crippen LogP contribution in [0.4, 0.5) is 0 Å². The molecule has 1 heterocycles. The van der Waals surface area contributed by atoms with Crippen molar-refractivity contribution in [1.29, 1.82) is 0 Å². The Hall–Kier alpha value is -1.59. The molecule has 1 aliphatic heterocycles. The minimum atomic E-state index is -0.824. The number of hydrogen-bond donors (Lipinski definition) is 1. The van der Waals surface area contributed by atoms with E-state index in [9.17, 15) is 14.7 Å². The molecule has 24 heavy (non-hydrogen) atoms. The molecule has 0 aliphatic carbocycles. The van der Waals surface area contributed by atoms with Crippen molar-refractivity contribution in [3.8, 4) is 0 Å². The number of likely N-dealkylation sites (N-methyl/N-ethyl adjacent to an activating group) is 1. The first-order valence-electron chi connectivity index (χ1n) is 8.30. The number of aryl methyl sites for hydroxylation is 1. The van der Waals surface area contributed by atoms with Crippen LogP contribution in [0.5, 0.6) is 0 Å². The number of carboxylic acid groups (broad SMARTS) is 1. The molecular weight excluding hydrogens is 328 g/mol. The summed E-state index contributed by atoms with van der Waals surface area (Å²) < 4.78 is 0. The van der Waals surface area contributed by atoms with E-state index in [0.29, 0.717) is 19.5 Å². The van der Waals surface area contributed by atoms with Crippen LogP contribution in [0, 0.1) is 0 Å². The summed E-state index contributed by atoms with van der Waals surface area (Å²) in [6.07, 6.45) is 3.51. The van der Waals surface area contributed by atoms with Crippen LogP contribution in [0.1, 0.15) is 37.3 Å². The van der Waals surface area contributed by atoms with Gasteiger partial charge in [-0.1, -0.05) is 37.6 Å². The Bertz CT molecular complexity index is 548. The third-order valence-corrected chi connectivity index (χ3v) is 4.51. The molecule has 1 N–H and O–H groups in total. The van der Waals surface area contributed by atoms with Crippen molar-refractivity contribution in [2.45, 2.75) is 45.2 Å². The zero-order chi connectivity index (χ0) is 16.8. The lowest BCUT2D eigenvalue weighted by Crippen LogP contribution is -2.49. The highest BCUT2D eigenvalue weighted by Gasteiger charge is 2.30. The van der Waals surface area contributed by atoms with Crippen LogP contribution in [0.3, 0.4) is 0 Å². The number of carbonyl (C=O) groups excluding carboxylic acids is 1. The molecule has 0 saturated carbocycles. The molecule has 1 amide bonds. The normalized spacial score (nSPS) is 17.8. The number of hydrogen-bond acceptors (Lipinski definition) is 3. The van der Waals surface area contributed by atoms with Gasteiger partial charge in [-0.2, -0.15) is 0 Å². The van der Waals surface area contributed by atoms with Gasteiger partial charge in [-0.05, 0) is 36.9 Å². The minimum absolute atomic E-state index is 0. The van der Waals surface area contributed by atoms with E-state index in [0.717, 1.165) is 24.8 Å². The number of carbonyl (C=O) groups is 2. The molecule has 0 radical (unpaired) electrons. The molecular formula is C18H27ClN2O3. The quantitative estimate of drug-likeness (QED) is 0.853. The molecule has 2 rings (SSSR count). The first kappa shape index (κ1) is 20.5. The third-order valence-electron chi connectivity index (χ3n) is 4.51. The van der Waals surface area contributed by atoms with Gasteiger partial charge in [0.15, 0.2) is 0 Å². The SMILES string of the molecule is CCc1ccc(CN(C)C(=O)CN2CCCCC2C(=O)O)cc1.Cl. The van der Waals surface area contributed by atoms with Gasteiger partial charge in [-0.25, -0.2) is 0 Å². The number of likely N-dealkylation sites (tertiary alicyclic amines) is 1.